The van der Waals surface area contributed by atoms with E-state index in [0.29, 0.717) is 19.3 Å². The highest BCUT2D eigenvalue weighted by Gasteiger charge is 2.19. The van der Waals surface area contributed by atoms with Gasteiger partial charge in [-0.3, -0.25) is 14.4 Å². The fourth-order valence-electron chi connectivity index (χ4n) is 7.67. The molecule has 0 aliphatic heterocycles. The van der Waals surface area contributed by atoms with Crippen LogP contribution in [0.1, 0.15) is 284 Å². The van der Waals surface area contributed by atoms with E-state index in [1.165, 1.54) is 180 Å². The highest BCUT2D eigenvalue weighted by atomic mass is 16.6. The van der Waals surface area contributed by atoms with Crippen molar-refractivity contribution in [1.82, 2.24) is 0 Å². The van der Waals surface area contributed by atoms with E-state index in [9.17, 15) is 14.4 Å². The molecule has 0 aliphatic carbocycles. The molecule has 6 nitrogen and oxygen atoms in total. The minimum absolute atomic E-state index is 0.0724. The highest BCUT2D eigenvalue weighted by Crippen LogP contribution is 2.15. The van der Waals surface area contributed by atoms with Gasteiger partial charge < -0.3 is 14.2 Å². The first kappa shape index (κ1) is 57.9. The van der Waals surface area contributed by atoms with Gasteiger partial charge in [0.25, 0.3) is 0 Å². The molecule has 0 N–H and O–H groups in total. The van der Waals surface area contributed by atoms with Crippen LogP contribution in [0.5, 0.6) is 0 Å². The number of carbonyl (C=O) groups excluding carboxylic acids is 3. The van der Waals surface area contributed by atoms with E-state index in [4.69, 9.17) is 14.2 Å². The van der Waals surface area contributed by atoms with Crippen LogP contribution in [0, 0.1) is 0 Å². The molecule has 6 heteroatoms. The summed E-state index contributed by atoms with van der Waals surface area (Å²) in [4.78, 5) is 37.7. The summed E-state index contributed by atoms with van der Waals surface area (Å²) < 4.78 is 16.7. The topological polar surface area (TPSA) is 78.9 Å². The zero-order valence-corrected chi connectivity index (χ0v) is 40.2. The second kappa shape index (κ2) is 49.5. The largest absolute Gasteiger partial charge is 0.462 e. The zero-order chi connectivity index (χ0) is 43.7. The van der Waals surface area contributed by atoms with E-state index in [1.54, 1.807) is 0 Å². The SMILES string of the molecule is CCCCCC/C=C\CCCCCCCC(=O)OC(COC(=O)CCCCCCCC)COC(=O)CCCCCCCCCCCCC/C=C\CCCCCCCCCC. The third-order valence-corrected chi connectivity index (χ3v) is 11.7. The van der Waals surface area contributed by atoms with Crippen LogP contribution in [0.4, 0.5) is 0 Å². The van der Waals surface area contributed by atoms with Crippen molar-refractivity contribution in [3.05, 3.63) is 24.3 Å². The van der Waals surface area contributed by atoms with E-state index in [2.05, 4.69) is 45.1 Å². The summed E-state index contributed by atoms with van der Waals surface area (Å²) in [6.07, 6.45) is 56.3. The van der Waals surface area contributed by atoms with Gasteiger partial charge in [0.15, 0.2) is 6.10 Å². The van der Waals surface area contributed by atoms with Crippen LogP contribution in [0.2, 0.25) is 0 Å². The first-order chi connectivity index (χ1) is 29.5. The van der Waals surface area contributed by atoms with Gasteiger partial charge in [-0.2, -0.15) is 0 Å². The third kappa shape index (κ3) is 46.9. The maximum atomic E-state index is 12.7. The fraction of sp³-hybridized carbons (Fsp3) is 0.870. The third-order valence-electron chi connectivity index (χ3n) is 11.7. The number of ether oxygens (including phenoxy) is 3. The van der Waals surface area contributed by atoms with Crippen LogP contribution in [-0.4, -0.2) is 37.2 Å². The maximum absolute atomic E-state index is 12.7. The number of allylic oxidation sites excluding steroid dienone is 4. The summed E-state index contributed by atoms with van der Waals surface area (Å²) in [6, 6.07) is 0. The number of unbranched alkanes of at least 4 members (excludes halogenated alkanes) is 33. The Morgan fingerprint density at radius 2 is 0.550 bits per heavy atom. The van der Waals surface area contributed by atoms with Crippen molar-refractivity contribution in [2.24, 2.45) is 0 Å². The summed E-state index contributed by atoms with van der Waals surface area (Å²) in [5, 5.41) is 0. The van der Waals surface area contributed by atoms with Crippen LogP contribution in [0.3, 0.4) is 0 Å². The molecule has 0 bridgehead atoms. The lowest BCUT2D eigenvalue weighted by Gasteiger charge is -2.18. The van der Waals surface area contributed by atoms with Crippen molar-refractivity contribution >= 4 is 17.9 Å². The summed E-state index contributed by atoms with van der Waals surface area (Å²) in [5.74, 6) is -0.882. The van der Waals surface area contributed by atoms with Crippen molar-refractivity contribution < 1.29 is 28.6 Å². The van der Waals surface area contributed by atoms with Crippen molar-refractivity contribution in [3.63, 3.8) is 0 Å². The van der Waals surface area contributed by atoms with E-state index < -0.39 is 6.10 Å². The smallest absolute Gasteiger partial charge is 0.306 e. The fourth-order valence-corrected chi connectivity index (χ4v) is 7.67. The Labute approximate surface area is 373 Å². The monoisotopic (exact) mass is 845 g/mol. The van der Waals surface area contributed by atoms with Gasteiger partial charge in [-0.1, -0.05) is 218 Å². The van der Waals surface area contributed by atoms with E-state index in [1.807, 2.05) is 0 Å². The van der Waals surface area contributed by atoms with Crippen LogP contribution in [0.25, 0.3) is 0 Å². The Morgan fingerprint density at radius 3 is 0.850 bits per heavy atom. The Kier molecular flexibility index (Phi) is 47.8. The normalized spacial score (nSPS) is 12.1. The zero-order valence-electron chi connectivity index (χ0n) is 40.2. The lowest BCUT2D eigenvalue weighted by molar-refractivity contribution is -0.167. The number of hydrogen-bond donors (Lipinski definition) is 0. The molecule has 1 atom stereocenters. The molecule has 0 fully saturated rings. The molecular formula is C54H100O6. The molecule has 1 unspecified atom stereocenters. The summed E-state index contributed by atoms with van der Waals surface area (Å²) in [6.45, 7) is 6.58. The number of rotatable bonds is 48. The van der Waals surface area contributed by atoms with Crippen LogP contribution in [-0.2, 0) is 28.6 Å². The minimum Gasteiger partial charge on any atom is -0.462 e. The predicted molar refractivity (Wildman–Crippen MR) is 256 cm³/mol. The highest BCUT2D eigenvalue weighted by molar-refractivity contribution is 5.71. The van der Waals surface area contributed by atoms with Crippen molar-refractivity contribution in [2.45, 2.75) is 290 Å². The lowest BCUT2D eigenvalue weighted by atomic mass is 10.0. The van der Waals surface area contributed by atoms with Gasteiger partial charge in [0.2, 0.25) is 0 Å². The van der Waals surface area contributed by atoms with Gasteiger partial charge >= 0.3 is 17.9 Å². The summed E-state index contributed by atoms with van der Waals surface area (Å²) in [5.41, 5.74) is 0. The van der Waals surface area contributed by atoms with Crippen LogP contribution >= 0.6 is 0 Å². The Bertz CT molecular complexity index is 973. The van der Waals surface area contributed by atoms with Gasteiger partial charge in [0.05, 0.1) is 0 Å². The quantitative estimate of drug-likeness (QED) is 0.0263. The molecule has 0 aromatic carbocycles. The summed E-state index contributed by atoms with van der Waals surface area (Å²) >= 11 is 0. The lowest BCUT2D eigenvalue weighted by Crippen LogP contribution is -2.30. The van der Waals surface area contributed by atoms with Crippen molar-refractivity contribution in [1.29, 1.82) is 0 Å². The van der Waals surface area contributed by atoms with E-state index in [0.717, 1.165) is 64.2 Å². The maximum Gasteiger partial charge on any atom is 0.306 e. The predicted octanol–water partition coefficient (Wildman–Crippen LogP) is 17.2. The number of esters is 3. The van der Waals surface area contributed by atoms with Gasteiger partial charge in [0, 0.05) is 19.3 Å². The van der Waals surface area contributed by atoms with Gasteiger partial charge in [-0.15, -0.1) is 0 Å². The molecule has 0 spiro atoms. The Hall–Kier alpha value is -2.11. The van der Waals surface area contributed by atoms with Gasteiger partial charge in [-0.05, 0) is 70.6 Å². The van der Waals surface area contributed by atoms with Crippen molar-refractivity contribution in [3.8, 4) is 0 Å². The van der Waals surface area contributed by atoms with E-state index in [-0.39, 0.29) is 31.1 Å². The molecule has 0 saturated heterocycles. The number of hydrogen-bond acceptors (Lipinski definition) is 6. The van der Waals surface area contributed by atoms with Crippen molar-refractivity contribution in [2.75, 3.05) is 13.2 Å². The standard InChI is InChI=1S/C54H100O6/c1-4-7-10-13-16-18-20-22-23-24-25-26-27-28-29-30-31-33-34-36-38-41-44-47-53(56)59-50-51(49-58-52(55)46-43-40-15-12-9-6-3)60-54(57)48-45-42-39-37-35-32-21-19-17-14-11-8-5-2/h19,21,24-25,51H,4-18,20,22-23,26-50H2,1-3H3/b21-19-,25-24-. The molecular weight excluding hydrogens is 745 g/mol. The molecule has 60 heavy (non-hydrogen) atoms. The average molecular weight is 845 g/mol. The molecule has 0 amide bonds. The summed E-state index contributed by atoms with van der Waals surface area (Å²) in [7, 11) is 0. The second-order valence-corrected chi connectivity index (χ2v) is 17.8. The molecule has 0 saturated carbocycles. The molecule has 0 aromatic heterocycles. The van der Waals surface area contributed by atoms with Crippen LogP contribution in [0.15, 0.2) is 24.3 Å². The second-order valence-electron chi connectivity index (χ2n) is 17.8. The first-order valence-corrected chi connectivity index (χ1v) is 26.3. The average Bonchev–Trinajstić information content (AvgIpc) is 3.24. The van der Waals surface area contributed by atoms with Gasteiger partial charge in [-0.25, -0.2) is 0 Å². The molecule has 0 aliphatic rings. The minimum atomic E-state index is -0.769. The first-order valence-electron chi connectivity index (χ1n) is 26.3. The molecule has 0 heterocycles. The Morgan fingerprint density at radius 1 is 0.317 bits per heavy atom. The molecule has 0 rings (SSSR count). The Balaban J connectivity index is 4.10. The van der Waals surface area contributed by atoms with Gasteiger partial charge in [0.1, 0.15) is 13.2 Å². The molecule has 0 radical (unpaired) electrons. The van der Waals surface area contributed by atoms with Crippen LogP contribution < -0.4 is 0 Å². The molecule has 0 aromatic rings. The molecule has 352 valence electrons. The van der Waals surface area contributed by atoms with E-state index >= 15 is 0 Å². The number of carbonyl (C=O) groups is 3.